The number of halogens is 3. The molecule has 4 nitrogen and oxygen atoms in total. The monoisotopic (exact) mass is 333 g/mol. The number of alkyl halides is 3. The summed E-state index contributed by atoms with van der Waals surface area (Å²) < 4.78 is 38.0. The molecular formula is C14H14F3NO3S. The number of carbonyl (C=O) groups excluding carboxylic acids is 1. The fraction of sp³-hybridized carbons (Fsp3) is 0.429. The first-order chi connectivity index (χ1) is 10.3. The smallest absolute Gasteiger partial charge is 0.471 e. The van der Waals surface area contributed by atoms with Crippen LogP contribution in [0.25, 0.3) is 0 Å². The van der Waals surface area contributed by atoms with E-state index < -0.39 is 29.5 Å². The molecule has 0 aliphatic carbocycles. The Morgan fingerprint density at radius 3 is 2.45 bits per heavy atom. The molecule has 1 aromatic carbocycles. The van der Waals surface area contributed by atoms with Crippen LogP contribution in [0.2, 0.25) is 0 Å². The van der Waals surface area contributed by atoms with Gasteiger partial charge in [-0.1, -0.05) is 30.3 Å². The summed E-state index contributed by atoms with van der Waals surface area (Å²) in [4.78, 5) is 23.1. The molecular weight excluding hydrogens is 319 g/mol. The molecule has 2 atom stereocenters. The van der Waals surface area contributed by atoms with Gasteiger partial charge in [-0.25, -0.2) is 4.79 Å². The van der Waals surface area contributed by atoms with Crippen LogP contribution in [-0.4, -0.2) is 45.2 Å². The fourth-order valence-electron chi connectivity index (χ4n) is 2.33. The van der Waals surface area contributed by atoms with Gasteiger partial charge >= 0.3 is 18.1 Å². The molecule has 22 heavy (non-hydrogen) atoms. The Labute approximate surface area is 129 Å². The van der Waals surface area contributed by atoms with E-state index in [0.29, 0.717) is 11.3 Å². The number of thioether (sulfide) groups is 1. The molecule has 2 unspecified atom stereocenters. The first-order valence-electron chi connectivity index (χ1n) is 6.58. The fourth-order valence-corrected chi connectivity index (χ4v) is 3.73. The van der Waals surface area contributed by atoms with Gasteiger partial charge < -0.3 is 10.0 Å². The minimum Gasteiger partial charge on any atom is -0.480 e. The van der Waals surface area contributed by atoms with Crippen molar-refractivity contribution in [2.24, 2.45) is 0 Å². The molecule has 0 radical (unpaired) electrons. The maximum absolute atomic E-state index is 12.7. The number of amides is 1. The lowest BCUT2D eigenvalue weighted by atomic mass is 10.1. The zero-order valence-electron chi connectivity index (χ0n) is 11.4. The van der Waals surface area contributed by atoms with E-state index in [4.69, 9.17) is 5.11 Å². The van der Waals surface area contributed by atoms with Gasteiger partial charge in [-0.3, -0.25) is 4.79 Å². The van der Waals surface area contributed by atoms with Gasteiger partial charge in [0.25, 0.3) is 0 Å². The highest BCUT2D eigenvalue weighted by molar-refractivity contribution is 8.00. The second kappa shape index (κ2) is 6.60. The summed E-state index contributed by atoms with van der Waals surface area (Å²) in [6.07, 6.45) is -4.31. The van der Waals surface area contributed by atoms with Gasteiger partial charge in [0.1, 0.15) is 6.04 Å². The van der Waals surface area contributed by atoms with Crippen molar-refractivity contribution in [1.29, 1.82) is 0 Å². The average molecular weight is 333 g/mol. The molecule has 1 aliphatic heterocycles. The third-order valence-corrected chi connectivity index (χ3v) is 4.73. The quantitative estimate of drug-likeness (QED) is 0.920. The highest BCUT2D eigenvalue weighted by atomic mass is 32.2. The molecule has 1 heterocycles. The topological polar surface area (TPSA) is 57.6 Å². The summed E-state index contributed by atoms with van der Waals surface area (Å²) in [5.41, 5.74) is 0.932. The third kappa shape index (κ3) is 3.73. The van der Waals surface area contributed by atoms with Crippen LogP contribution < -0.4 is 0 Å². The van der Waals surface area contributed by atoms with Gasteiger partial charge in [0.2, 0.25) is 0 Å². The largest absolute Gasteiger partial charge is 0.480 e. The van der Waals surface area contributed by atoms with E-state index in [9.17, 15) is 22.8 Å². The van der Waals surface area contributed by atoms with Crippen molar-refractivity contribution in [1.82, 2.24) is 4.90 Å². The van der Waals surface area contributed by atoms with E-state index >= 15 is 0 Å². The van der Waals surface area contributed by atoms with Gasteiger partial charge in [-0.2, -0.15) is 13.2 Å². The number of nitrogens with zero attached hydrogens (tertiary/aromatic N) is 1. The Morgan fingerprint density at radius 2 is 1.91 bits per heavy atom. The highest BCUT2D eigenvalue weighted by Gasteiger charge is 2.51. The highest BCUT2D eigenvalue weighted by Crippen LogP contribution is 2.35. The molecule has 0 aromatic heterocycles. The lowest BCUT2D eigenvalue weighted by molar-refractivity contribution is -0.189. The van der Waals surface area contributed by atoms with Crippen LogP contribution in [0, 0.1) is 0 Å². The Bertz CT molecular complexity index is 550. The van der Waals surface area contributed by atoms with Gasteiger partial charge in [0.15, 0.2) is 0 Å². The summed E-state index contributed by atoms with van der Waals surface area (Å²) >= 11 is 1.07. The number of hydrogen-bond donors (Lipinski definition) is 1. The molecule has 0 bridgehead atoms. The second-order valence-corrected chi connectivity index (χ2v) is 6.09. The molecule has 1 aromatic rings. The zero-order chi connectivity index (χ0) is 16.3. The van der Waals surface area contributed by atoms with E-state index in [1.165, 1.54) is 0 Å². The molecule has 1 fully saturated rings. The zero-order valence-corrected chi connectivity index (χ0v) is 12.2. The maximum Gasteiger partial charge on any atom is 0.471 e. The number of hydrogen-bond acceptors (Lipinski definition) is 3. The van der Waals surface area contributed by atoms with Crippen molar-refractivity contribution >= 4 is 23.6 Å². The number of benzene rings is 1. The van der Waals surface area contributed by atoms with E-state index in [2.05, 4.69) is 0 Å². The lowest BCUT2D eigenvalue weighted by Gasteiger charge is -2.28. The molecule has 1 N–H and O–H groups in total. The molecule has 2 rings (SSSR count). The molecule has 0 saturated carbocycles. The number of carboxylic acid groups (broad SMARTS) is 1. The van der Waals surface area contributed by atoms with Crippen molar-refractivity contribution in [3.8, 4) is 0 Å². The number of carbonyl (C=O) groups is 2. The SMILES string of the molecule is O=C(O)C1CSC(CCc2ccccc2)N1C(=O)C(F)(F)F. The molecule has 1 amide bonds. The lowest BCUT2D eigenvalue weighted by Crippen LogP contribution is -2.51. The second-order valence-electron chi connectivity index (χ2n) is 4.88. The predicted molar refractivity (Wildman–Crippen MR) is 75.3 cm³/mol. The number of aryl methyl sites for hydroxylation is 1. The van der Waals surface area contributed by atoms with Crippen molar-refractivity contribution in [3.05, 3.63) is 35.9 Å². The maximum atomic E-state index is 12.7. The standard InChI is InChI=1S/C14H14F3NO3S/c15-14(16,17)13(21)18-10(12(19)20)8-22-11(18)7-6-9-4-2-1-3-5-9/h1-5,10-11H,6-8H2,(H,19,20). The van der Waals surface area contributed by atoms with Gasteiger partial charge in [-0.15, -0.1) is 11.8 Å². The van der Waals surface area contributed by atoms with E-state index in [-0.39, 0.29) is 12.2 Å². The molecule has 8 heteroatoms. The van der Waals surface area contributed by atoms with Gasteiger partial charge in [0, 0.05) is 5.75 Å². The Morgan fingerprint density at radius 1 is 1.27 bits per heavy atom. The van der Waals surface area contributed by atoms with E-state index in [1.807, 2.05) is 30.3 Å². The minimum absolute atomic E-state index is 0.0311. The average Bonchev–Trinajstić information content (AvgIpc) is 2.88. The predicted octanol–water partition coefficient (Wildman–Crippen LogP) is 2.54. The van der Waals surface area contributed by atoms with Gasteiger partial charge in [0.05, 0.1) is 5.37 Å². The summed E-state index contributed by atoms with van der Waals surface area (Å²) in [5.74, 6) is -3.52. The Kier molecular flexibility index (Phi) is 5.00. The van der Waals surface area contributed by atoms with E-state index in [0.717, 1.165) is 17.3 Å². The normalized spacial score (nSPS) is 21.9. The van der Waals surface area contributed by atoms with Gasteiger partial charge in [-0.05, 0) is 18.4 Å². The van der Waals surface area contributed by atoms with Crippen LogP contribution in [0.1, 0.15) is 12.0 Å². The van der Waals surface area contributed by atoms with Crippen LogP contribution in [0.3, 0.4) is 0 Å². The summed E-state index contributed by atoms with van der Waals surface area (Å²) in [6, 6.07) is 7.70. The Hall–Kier alpha value is -1.70. The summed E-state index contributed by atoms with van der Waals surface area (Å²) in [7, 11) is 0. The van der Waals surface area contributed by atoms with Crippen LogP contribution in [0.15, 0.2) is 30.3 Å². The number of rotatable bonds is 4. The molecule has 1 saturated heterocycles. The van der Waals surface area contributed by atoms with Crippen molar-refractivity contribution in [2.75, 3.05) is 5.75 Å². The van der Waals surface area contributed by atoms with Crippen molar-refractivity contribution < 1.29 is 27.9 Å². The number of aliphatic carboxylic acids is 1. The minimum atomic E-state index is -5.07. The molecule has 1 aliphatic rings. The summed E-state index contributed by atoms with van der Waals surface area (Å²) in [5, 5.41) is 8.24. The Balaban J connectivity index is 2.12. The van der Waals surface area contributed by atoms with Crippen molar-refractivity contribution in [3.63, 3.8) is 0 Å². The first kappa shape index (κ1) is 16.7. The molecule has 0 spiro atoms. The van der Waals surface area contributed by atoms with Crippen LogP contribution in [-0.2, 0) is 16.0 Å². The van der Waals surface area contributed by atoms with Crippen LogP contribution in [0.4, 0.5) is 13.2 Å². The van der Waals surface area contributed by atoms with Crippen LogP contribution in [0.5, 0.6) is 0 Å². The van der Waals surface area contributed by atoms with E-state index in [1.54, 1.807) is 0 Å². The third-order valence-electron chi connectivity index (χ3n) is 3.38. The summed E-state index contributed by atoms with van der Waals surface area (Å²) in [6.45, 7) is 0. The van der Waals surface area contributed by atoms with Crippen molar-refractivity contribution in [2.45, 2.75) is 30.4 Å². The first-order valence-corrected chi connectivity index (χ1v) is 7.63. The van der Waals surface area contributed by atoms with Crippen LogP contribution >= 0.6 is 11.8 Å². The molecule has 120 valence electrons. The number of carboxylic acids is 1.